The zero-order valence-electron chi connectivity index (χ0n) is 44.8. The molecule has 13 aromatic rings. The summed E-state index contributed by atoms with van der Waals surface area (Å²) in [5, 5.41) is 53.0. The first-order valence-corrected chi connectivity index (χ1v) is 26.8. The summed E-state index contributed by atoms with van der Waals surface area (Å²) < 4.78 is 92.2. The van der Waals surface area contributed by atoms with Gasteiger partial charge in [0.15, 0.2) is 0 Å². The Balaban J connectivity index is 1.13. The summed E-state index contributed by atoms with van der Waals surface area (Å²) >= 11 is 0. The zero-order valence-corrected chi connectivity index (χ0v) is 44.8. The number of hydrogen-bond acceptors (Lipinski definition) is 5. The van der Waals surface area contributed by atoms with Crippen molar-refractivity contribution in [2.75, 3.05) is 0 Å². The van der Waals surface area contributed by atoms with Gasteiger partial charge in [-0.2, -0.15) is 52.7 Å². The van der Waals surface area contributed by atoms with Crippen LogP contribution in [0.5, 0.6) is 0 Å². The molecule has 86 heavy (non-hydrogen) atoms. The minimum absolute atomic E-state index is 0.00681. The molecule has 406 valence electrons. The van der Waals surface area contributed by atoms with Gasteiger partial charge < -0.3 is 9.13 Å². The first kappa shape index (κ1) is 53.4. The number of alkyl halides is 6. The highest BCUT2D eigenvalue weighted by molar-refractivity contribution is 6.14. The second kappa shape index (κ2) is 20.8. The van der Waals surface area contributed by atoms with Gasteiger partial charge in [0.1, 0.15) is 0 Å². The van der Waals surface area contributed by atoms with Crippen LogP contribution in [0, 0.1) is 56.7 Å². The lowest BCUT2D eigenvalue weighted by atomic mass is 9.91. The molecular formula is C73H37F6N7. The number of nitrogens with zero attached hydrogens (tertiary/aromatic N) is 7. The Hall–Kier alpha value is -12.0. The Morgan fingerprint density at radius 3 is 0.919 bits per heavy atom. The van der Waals surface area contributed by atoms with Crippen LogP contribution in [0.4, 0.5) is 26.3 Å². The molecule has 0 aliphatic carbocycles. The number of aromatic nitrogens is 2. The average Bonchev–Trinajstić information content (AvgIpc) is 1.77. The molecule has 0 spiro atoms. The van der Waals surface area contributed by atoms with E-state index >= 15 is 0 Å². The van der Waals surface area contributed by atoms with Gasteiger partial charge in [-0.25, -0.2) is 0 Å². The monoisotopic (exact) mass is 1130 g/mol. The fourth-order valence-electron chi connectivity index (χ4n) is 11.6. The van der Waals surface area contributed by atoms with Crippen molar-refractivity contribution in [3.63, 3.8) is 0 Å². The van der Waals surface area contributed by atoms with Crippen molar-refractivity contribution < 1.29 is 26.3 Å². The number of rotatable bonds is 8. The van der Waals surface area contributed by atoms with Crippen LogP contribution in [0.3, 0.4) is 0 Å². The maximum Gasteiger partial charge on any atom is 0.416 e. The van der Waals surface area contributed by atoms with Gasteiger partial charge >= 0.3 is 12.4 Å². The van der Waals surface area contributed by atoms with E-state index in [2.05, 4.69) is 30.3 Å². The third kappa shape index (κ3) is 9.37. The van der Waals surface area contributed by atoms with Crippen LogP contribution in [-0.2, 0) is 12.4 Å². The van der Waals surface area contributed by atoms with Gasteiger partial charge in [-0.05, 0) is 195 Å². The molecule has 0 fully saturated rings. The third-order valence-corrected chi connectivity index (χ3v) is 15.8. The van der Waals surface area contributed by atoms with Gasteiger partial charge in [-0.15, -0.1) is 0 Å². The van der Waals surface area contributed by atoms with Gasteiger partial charge in [0.25, 0.3) is 0 Å². The Kier molecular flexibility index (Phi) is 12.9. The van der Waals surface area contributed by atoms with Crippen LogP contribution in [0.25, 0.3) is 122 Å². The van der Waals surface area contributed by atoms with E-state index in [1.165, 1.54) is 6.07 Å². The number of halogens is 6. The van der Waals surface area contributed by atoms with E-state index in [4.69, 9.17) is 0 Å². The summed E-state index contributed by atoms with van der Waals surface area (Å²) in [4.78, 5) is 0. The summed E-state index contributed by atoms with van der Waals surface area (Å²) in [6.07, 6.45) is -10.3. The van der Waals surface area contributed by atoms with Crippen molar-refractivity contribution in [3.8, 4) is 108 Å². The number of nitriles is 5. The second-order valence-corrected chi connectivity index (χ2v) is 20.7. The molecular weight excluding hydrogens is 1090 g/mol. The molecule has 2 heterocycles. The molecule has 0 saturated heterocycles. The van der Waals surface area contributed by atoms with Crippen LogP contribution in [0.1, 0.15) is 38.9 Å². The maximum atomic E-state index is 14.7. The smallest absolute Gasteiger partial charge is 0.309 e. The van der Waals surface area contributed by atoms with Gasteiger partial charge in [0, 0.05) is 32.7 Å². The van der Waals surface area contributed by atoms with E-state index in [1.54, 1.807) is 72.8 Å². The molecule has 2 aromatic heterocycles. The van der Waals surface area contributed by atoms with Gasteiger partial charge in [-0.3, -0.25) is 0 Å². The first-order valence-electron chi connectivity index (χ1n) is 26.8. The quantitative estimate of drug-likeness (QED) is 0.140. The molecule has 0 aliphatic rings. The van der Waals surface area contributed by atoms with Crippen LogP contribution in [0.2, 0.25) is 0 Å². The SMILES string of the molecule is N#Cc1ccc(-c2ccc3c(c2)c2cc(-c4ccc(C#N)cc4)ccc2n3-c2ccc(-c3cc(C(F)(F)F)cc(C(F)(F)F)c3)cc2-c2c(C#N)cccc2-n2c3ccc(-c4ccc(C#N)cc4)cc3c3cc(-c4ccc(C#N)cc4)ccc32)cc1. The lowest BCUT2D eigenvalue weighted by molar-refractivity contribution is -0.143. The average molecular weight is 1130 g/mol. The normalized spacial score (nSPS) is 11.5. The number of fused-ring (bicyclic) bond motifs is 6. The summed E-state index contributed by atoms with van der Waals surface area (Å²) in [6, 6.07) is 74.9. The molecule has 13 rings (SSSR count). The third-order valence-electron chi connectivity index (χ3n) is 15.8. The van der Waals surface area contributed by atoms with E-state index in [-0.39, 0.29) is 22.8 Å². The summed E-state index contributed by atoms with van der Waals surface area (Å²) in [5.41, 5.74) is 9.61. The van der Waals surface area contributed by atoms with E-state index in [0.717, 1.165) is 66.1 Å². The summed E-state index contributed by atoms with van der Waals surface area (Å²) in [5.74, 6) is 0. The Morgan fingerprint density at radius 1 is 0.279 bits per heavy atom. The van der Waals surface area contributed by atoms with Gasteiger partial charge in [-0.1, -0.05) is 84.9 Å². The van der Waals surface area contributed by atoms with Crippen LogP contribution in [0.15, 0.2) is 224 Å². The van der Waals surface area contributed by atoms with Crippen molar-refractivity contribution >= 4 is 43.6 Å². The molecule has 0 unspecified atom stereocenters. The van der Waals surface area contributed by atoms with Crippen molar-refractivity contribution in [1.29, 1.82) is 26.3 Å². The highest BCUT2D eigenvalue weighted by atomic mass is 19.4. The van der Waals surface area contributed by atoms with Gasteiger partial charge in [0.2, 0.25) is 0 Å². The Labute approximate surface area is 487 Å². The predicted molar refractivity (Wildman–Crippen MR) is 321 cm³/mol. The number of hydrogen-bond donors (Lipinski definition) is 0. The highest BCUT2D eigenvalue weighted by Gasteiger charge is 2.37. The minimum atomic E-state index is -5.15. The highest BCUT2D eigenvalue weighted by Crippen LogP contribution is 2.47. The van der Waals surface area contributed by atoms with E-state index in [1.807, 2.05) is 137 Å². The molecule has 7 nitrogen and oxygen atoms in total. The largest absolute Gasteiger partial charge is 0.416 e. The molecule has 11 aromatic carbocycles. The lowest BCUT2D eigenvalue weighted by Crippen LogP contribution is -2.11. The van der Waals surface area contributed by atoms with Crippen LogP contribution < -0.4 is 0 Å². The van der Waals surface area contributed by atoms with E-state index in [9.17, 15) is 52.7 Å². The Morgan fingerprint density at radius 2 is 0.593 bits per heavy atom. The molecule has 0 radical (unpaired) electrons. The van der Waals surface area contributed by atoms with Crippen LogP contribution >= 0.6 is 0 Å². The zero-order chi connectivity index (χ0) is 59.6. The van der Waals surface area contributed by atoms with Crippen molar-refractivity contribution in [2.45, 2.75) is 12.4 Å². The summed E-state index contributed by atoms with van der Waals surface area (Å²) in [6.45, 7) is 0. The molecule has 0 atom stereocenters. The van der Waals surface area contributed by atoms with Crippen molar-refractivity contribution in [2.24, 2.45) is 0 Å². The maximum absolute atomic E-state index is 14.7. The summed E-state index contributed by atoms with van der Waals surface area (Å²) in [7, 11) is 0. The molecule has 0 amide bonds. The van der Waals surface area contributed by atoms with E-state index in [0.29, 0.717) is 79.0 Å². The first-order chi connectivity index (χ1) is 41.6. The molecule has 0 bridgehead atoms. The fraction of sp³-hybridized carbons (Fsp3) is 0.0274. The second-order valence-electron chi connectivity index (χ2n) is 20.7. The molecule has 0 saturated carbocycles. The van der Waals surface area contributed by atoms with E-state index < -0.39 is 23.5 Å². The molecule has 0 N–H and O–H groups in total. The topological polar surface area (TPSA) is 129 Å². The Bertz CT molecular complexity index is 4910. The minimum Gasteiger partial charge on any atom is -0.309 e. The van der Waals surface area contributed by atoms with Crippen molar-refractivity contribution in [1.82, 2.24) is 9.13 Å². The molecule has 0 aliphatic heterocycles. The fourth-order valence-corrected chi connectivity index (χ4v) is 11.6. The standard InChI is InChI=1S/C73H37F6N7/c74-72(75,76)58-30-57(31-59(37-58)73(77,78)79)55-24-29-69(85-65-25-20-51(47-12-4-43(38-80)5-13-47)32-60(65)61-33-52(21-26-66(61)85)48-14-6-44(39-81)7-15-48)64(36-55)71-56(42-84)2-1-3-70(71)86-67-27-22-53(49-16-8-45(40-82)9-17-49)34-62(67)63-35-54(23-28-68(63)86)50-18-10-46(41-83)11-19-50/h1-37H. The number of benzene rings is 11. The predicted octanol–water partition coefficient (Wildman–Crippen LogP) is 19.3. The van der Waals surface area contributed by atoms with Crippen molar-refractivity contribution in [3.05, 3.63) is 263 Å². The van der Waals surface area contributed by atoms with Gasteiger partial charge in [0.05, 0.1) is 103 Å². The lowest BCUT2D eigenvalue weighted by Gasteiger charge is -2.21. The molecule has 13 heteroatoms. The van der Waals surface area contributed by atoms with Crippen LogP contribution in [-0.4, -0.2) is 9.13 Å².